The number of carboxylic acids is 1. The molecule has 1 aromatic carbocycles. The molecule has 1 rings (SSSR count). The molecule has 0 radical (unpaired) electrons. The molecule has 5 heteroatoms. The lowest BCUT2D eigenvalue weighted by Gasteiger charge is -2.07. The van der Waals surface area contributed by atoms with Crippen molar-refractivity contribution >= 4 is 17.7 Å². The van der Waals surface area contributed by atoms with Crippen LogP contribution in [0.5, 0.6) is 0 Å². The predicted octanol–water partition coefficient (Wildman–Crippen LogP) is 0.927. The summed E-state index contributed by atoms with van der Waals surface area (Å²) in [4.78, 5) is 31.3. The first-order valence-electron chi connectivity index (χ1n) is 6.05. The van der Waals surface area contributed by atoms with Gasteiger partial charge in [0.25, 0.3) is 5.78 Å². The zero-order valence-corrected chi connectivity index (χ0v) is 10.8. The highest BCUT2D eigenvalue weighted by Crippen LogP contribution is 2.10. The maximum Gasteiger partial charge on any atom is 0.305 e. The standard InChI is InChI=1S/C14H17NO4/c1-10(16)8-11-4-2-3-5-12(11)9-13(17)15-7-6-14(18)19/h2-5H,6-9H2,1H3,(H,15,17)(H,18,19)/p+1. The van der Waals surface area contributed by atoms with E-state index in [1.807, 2.05) is 24.3 Å². The molecule has 0 saturated carbocycles. The Kier molecular flexibility index (Phi) is 5.73. The van der Waals surface area contributed by atoms with Crippen molar-refractivity contribution in [1.82, 2.24) is 5.32 Å². The number of rotatable bonds is 7. The zero-order chi connectivity index (χ0) is 14.3. The number of carbonyl (C=O) groups is 2. The molecule has 1 aromatic rings. The van der Waals surface area contributed by atoms with Gasteiger partial charge in [-0.2, -0.15) is 0 Å². The summed E-state index contributed by atoms with van der Waals surface area (Å²) in [5.74, 6) is -0.866. The molecular weight excluding hydrogens is 246 g/mol. The monoisotopic (exact) mass is 264 g/mol. The molecule has 3 N–H and O–H groups in total. The van der Waals surface area contributed by atoms with Crippen LogP contribution in [0.3, 0.4) is 0 Å². The topological polar surface area (TPSA) is 87.8 Å². The van der Waals surface area contributed by atoms with Crippen LogP contribution in [0.2, 0.25) is 0 Å². The second kappa shape index (κ2) is 7.31. The van der Waals surface area contributed by atoms with E-state index < -0.39 is 5.97 Å². The van der Waals surface area contributed by atoms with Gasteiger partial charge in [-0.25, -0.2) is 0 Å². The summed E-state index contributed by atoms with van der Waals surface area (Å²) in [5, 5.41) is 11.0. The molecule has 0 spiro atoms. The van der Waals surface area contributed by atoms with E-state index in [4.69, 9.17) is 5.11 Å². The summed E-state index contributed by atoms with van der Waals surface area (Å²) in [5.41, 5.74) is 1.74. The molecule has 0 aliphatic carbocycles. The van der Waals surface area contributed by atoms with E-state index in [-0.39, 0.29) is 25.3 Å². The Hall–Kier alpha value is -2.17. The fourth-order valence-corrected chi connectivity index (χ4v) is 1.72. The Morgan fingerprint density at radius 2 is 1.79 bits per heavy atom. The highest BCUT2D eigenvalue weighted by atomic mass is 16.4. The van der Waals surface area contributed by atoms with Crippen molar-refractivity contribution in [2.24, 2.45) is 0 Å². The Morgan fingerprint density at radius 1 is 1.21 bits per heavy atom. The van der Waals surface area contributed by atoms with E-state index in [0.717, 1.165) is 11.1 Å². The minimum Gasteiger partial charge on any atom is -0.481 e. The average molecular weight is 264 g/mol. The summed E-state index contributed by atoms with van der Waals surface area (Å²) < 4.78 is 0. The summed E-state index contributed by atoms with van der Waals surface area (Å²) in [6.45, 7) is 1.74. The largest absolute Gasteiger partial charge is 0.481 e. The predicted molar refractivity (Wildman–Crippen MR) is 71.7 cm³/mol. The van der Waals surface area contributed by atoms with Crippen LogP contribution in [0.1, 0.15) is 24.5 Å². The minimum absolute atomic E-state index is 0.0864. The molecular formula is C14H18NO4+. The molecule has 0 atom stereocenters. The summed E-state index contributed by atoms with van der Waals surface area (Å²) in [6, 6.07) is 7.37. The maximum atomic E-state index is 11.7. The Morgan fingerprint density at radius 3 is 2.32 bits per heavy atom. The second-order valence-electron chi connectivity index (χ2n) is 4.35. The lowest BCUT2D eigenvalue weighted by molar-refractivity contribution is -0.136. The molecule has 0 aliphatic rings. The van der Waals surface area contributed by atoms with Gasteiger partial charge in [-0.05, 0) is 11.1 Å². The van der Waals surface area contributed by atoms with E-state index in [1.54, 1.807) is 6.92 Å². The normalized spacial score (nSPS) is 9.95. The molecule has 1 amide bonds. The lowest BCUT2D eigenvalue weighted by atomic mass is 10.00. The third-order valence-electron chi connectivity index (χ3n) is 2.58. The van der Waals surface area contributed by atoms with Crippen LogP contribution >= 0.6 is 0 Å². The third-order valence-corrected chi connectivity index (χ3v) is 2.58. The zero-order valence-electron chi connectivity index (χ0n) is 10.8. The van der Waals surface area contributed by atoms with Gasteiger partial charge < -0.3 is 10.4 Å². The van der Waals surface area contributed by atoms with Crippen molar-refractivity contribution in [2.45, 2.75) is 26.2 Å². The summed E-state index contributed by atoms with van der Waals surface area (Å²) in [6.07, 6.45) is 0.512. The number of hydrogen-bond donors (Lipinski definition) is 2. The average Bonchev–Trinajstić information content (AvgIpc) is 2.30. The molecule has 0 aromatic heterocycles. The summed E-state index contributed by atoms with van der Waals surface area (Å²) in [7, 11) is 0. The quantitative estimate of drug-likeness (QED) is 0.718. The first kappa shape index (κ1) is 14.9. The number of carbonyl (C=O) groups excluding carboxylic acids is 2. The fraction of sp³-hybridized carbons (Fsp3) is 0.357. The number of aliphatic carboxylic acids is 1. The number of amides is 1. The Balaban J connectivity index is 2.58. The van der Waals surface area contributed by atoms with Crippen LogP contribution in [0, 0.1) is 0 Å². The maximum absolute atomic E-state index is 11.7. The number of benzene rings is 1. The van der Waals surface area contributed by atoms with Crippen molar-refractivity contribution in [2.75, 3.05) is 6.54 Å². The highest BCUT2D eigenvalue weighted by Gasteiger charge is 2.11. The number of ketones is 1. The van der Waals surface area contributed by atoms with Crippen molar-refractivity contribution in [3.05, 3.63) is 35.4 Å². The van der Waals surface area contributed by atoms with Crippen molar-refractivity contribution in [3.8, 4) is 0 Å². The smallest absolute Gasteiger partial charge is 0.305 e. The fourth-order valence-electron chi connectivity index (χ4n) is 1.72. The Bertz CT molecular complexity index is 482. The molecule has 102 valence electrons. The van der Waals surface area contributed by atoms with Crippen LogP contribution in [0.4, 0.5) is 0 Å². The van der Waals surface area contributed by atoms with E-state index in [0.29, 0.717) is 12.2 Å². The summed E-state index contributed by atoms with van der Waals surface area (Å²) >= 11 is 0. The van der Waals surface area contributed by atoms with Gasteiger partial charge in [0.05, 0.1) is 19.3 Å². The van der Waals surface area contributed by atoms with Gasteiger partial charge in [0.15, 0.2) is 0 Å². The van der Waals surface area contributed by atoms with E-state index in [9.17, 15) is 14.4 Å². The SMILES string of the molecule is CC(=[OH+])Cc1ccccc1CC(=O)NCCC(=O)O. The van der Waals surface area contributed by atoms with Gasteiger partial charge in [0.1, 0.15) is 0 Å². The third kappa shape index (κ3) is 5.81. The molecule has 5 nitrogen and oxygen atoms in total. The molecule has 0 fully saturated rings. The molecule has 0 bridgehead atoms. The van der Waals surface area contributed by atoms with Crippen LogP contribution in [-0.2, 0) is 22.4 Å². The first-order valence-corrected chi connectivity index (χ1v) is 6.05. The van der Waals surface area contributed by atoms with Gasteiger partial charge >= 0.3 is 5.97 Å². The highest BCUT2D eigenvalue weighted by molar-refractivity contribution is 5.82. The molecule has 19 heavy (non-hydrogen) atoms. The number of nitrogens with one attached hydrogen (secondary N) is 1. The van der Waals surface area contributed by atoms with Crippen LogP contribution in [0.15, 0.2) is 24.3 Å². The first-order chi connectivity index (χ1) is 8.99. The number of hydrogen-bond acceptors (Lipinski definition) is 2. The van der Waals surface area contributed by atoms with Crippen molar-refractivity contribution in [1.29, 1.82) is 0 Å². The minimum atomic E-state index is -0.939. The van der Waals surface area contributed by atoms with Crippen molar-refractivity contribution in [3.63, 3.8) is 0 Å². The van der Waals surface area contributed by atoms with Gasteiger partial charge in [-0.15, -0.1) is 0 Å². The van der Waals surface area contributed by atoms with E-state index in [1.165, 1.54) is 0 Å². The number of carboxylic acid groups (broad SMARTS) is 1. The van der Waals surface area contributed by atoms with Gasteiger partial charge in [-0.3, -0.25) is 14.4 Å². The molecule has 0 heterocycles. The van der Waals surface area contributed by atoms with E-state index >= 15 is 0 Å². The van der Waals surface area contributed by atoms with Crippen LogP contribution in [0.25, 0.3) is 0 Å². The molecule has 0 unspecified atom stereocenters. The van der Waals surface area contributed by atoms with E-state index in [2.05, 4.69) is 5.32 Å². The van der Waals surface area contributed by atoms with Crippen LogP contribution < -0.4 is 5.32 Å². The van der Waals surface area contributed by atoms with Crippen molar-refractivity contribution < 1.29 is 19.5 Å². The van der Waals surface area contributed by atoms with Crippen LogP contribution in [-0.4, -0.2) is 34.1 Å². The second-order valence-corrected chi connectivity index (χ2v) is 4.35. The van der Waals surface area contributed by atoms with Gasteiger partial charge in [0.2, 0.25) is 5.91 Å². The Labute approximate surface area is 111 Å². The lowest BCUT2D eigenvalue weighted by Crippen LogP contribution is -2.27. The van der Waals surface area contributed by atoms with Gasteiger partial charge in [-0.1, -0.05) is 24.3 Å². The molecule has 0 saturated heterocycles. The molecule has 0 aliphatic heterocycles. The van der Waals surface area contributed by atoms with Gasteiger partial charge in [0, 0.05) is 13.5 Å².